The van der Waals surface area contributed by atoms with Crippen LogP contribution >= 0.6 is 0 Å². The summed E-state index contributed by atoms with van der Waals surface area (Å²) in [5.74, 6) is -1.17. The molecule has 0 saturated heterocycles. The lowest BCUT2D eigenvalue weighted by Gasteiger charge is -2.30. The highest BCUT2D eigenvalue weighted by molar-refractivity contribution is 5.98. The Kier molecular flexibility index (Phi) is 5.62. The summed E-state index contributed by atoms with van der Waals surface area (Å²) >= 11 is 0. The first-order valence-corrected chi connectivity index (χ1v) is 9.91. The van der Waals surface area contributed by atoms with Crippen molar-refractivity contribution in [1.29, 1.82) is 0 Å². The molecule has 2 heterocycles. The van der Waals surface area contributed by atoms with E-state index in [9.17, 15) is 9.18 Å². The van der Waals surface area contributed by atoms with Gasteiger partial charge in [0.05, 0.1) is 11.3 Å². The van der Waals surface area contributed by atoms with Crippen LogP contribution in [-0.2, 0) is 0 Å². The largest absolute Gasteiger partial charge is 0.365 e. The Morgan fingerprint density at radius 3 is 2.60 bits per heavy atom. The number of pyridine rings is 1. The van der Waals surface area contributed by atoms with Gasteiger partial charge >= 0.3 is 0 Å². The second-order valence-electron chi connectivity index (χ2n) is 7.40. The molecule has 0 bridgehead atoms. The van der Waals surface area contributed by atoms with Crippen LogP contribution in [0.15, 0.2) is 48.8 Å². The van der Waals surface area contributed by atoms with Gasteiger partial charge in [-0.2, -0.15) is 5.10 Å². The van der Waals surface area contributed by atoms with Crippen LogP contribution in [0.25, 0.3) is 5.69 Å². The maximum Gasteiger partial charge on any atom is 0.252 e. The summed E-state index contributed by atoms with van der Waals surface area (Å²) in [6.45, 7) is 0. The molecule has 0 aliphatic heterocycles. The van der Waals surface area contributed by atoms with Crippen molar-refractivity contribution in [3.05, 3.63) is 60.2 Å². The number of rotatable bonds is 6. The van der Waals surface area contributed by atoms with Crippen LogP contribution in [0.1, 0.15) is 36.0 Å². The lowest BCUT2D eigenvalue weighted by molar-refractivity contribution is 0.100. The first-order chi connectivity index (χ1) is 14.5. The topological polar surface area (TPSA) is 124 Å². The van der Waals surface area contributed by atoms with E-state index < -0.39 is 11.7 Å². The Hall–Kier alpha value is -3.46. The van der Waals surface area contributed by atoms with Gasteiger partial charge in [0.2, 0.25) is 0 Å². The van der Waals surface area contributed by atoms with Crippen LogP contribution in [0.4, 0.5) is 21.7 Å². The Morgan fingerprint density at radius 1 is 1.17 bits per heavy atom. The predicted molar refractivity (Wildman–Crippen MR) is 113 cm³/mol. The first-order valence-electron chi connectivity index (χ1n) is 9.91. The molecular formula is C21H24FN7O. The number of aromatic nitrogens is 3. The zero-order valence-electron chi connectivity index (χ0n) is 16.4. The highest BCUT2D eigenvalue weighted by Gasteiger charge is 2.24. The van der Waals surface area contributed by atoms with E-state index in [1.807, 2.05) is 36.5 Å². The number of halogens is 1. The SMILES string of the molecule is NC(=O)c1cc(F)c(N[C@@H]2CCCC[C@@H]2N)nc1Nc1ccc(-n2cccn2)cc1. The van der Waals surface area contributed by atoms with Crippen LogP contribution in [0.5, 0.6) is 0 Å². The van der Waals surface area contributed by atoms with E-state index >= 15 is 0 Å². The average Bonchev–Trinajstić information content (AvgIpc) is 3.27. The minimum atomic E-state index is -0.766. The summed E-state index contributed by atoms with van der Waals surface area (Å²) in [7, 11) is 0. The van der Waals surface area contributed by atoms with E-state index in [1.54, 1.807) is 10.9 Å². The third-order valence-electron chi connectivity index (χ3n) is 5.28. The smallest absolute Gasteiger partial charge is 0.252 e. The van der Waals surface area contributed by atoms with E-state index in [1.165, 1.54) is 0 Å². The quantitative estimate of drug-likeness (QED) is 0.496. The number of carbonyl (C=O) groups is 1. The summed E-state index contributed by atoms with van der Waals surface area (Å²) < 4.78 is 16.3. The molecule has 156 valence electrons. The molecule has 0 spiro atoms. The van der Waals surface area contributed by atoms with Crippen molar-refractivity contribution in [2.24, 2.45) is 11.5 Å². The van der Waals surface area contributed by atoms with Gasteiger partial charge in [0.1, 0.15) is 5.82 Å². The van der Waals surface area contributed by atoms with Gasteiger partial charge in [-0.05, 0) is 49.2 Å². The van der Waals surface area contributed by atoms with Crippen LogP contribution in [-0.4, -0.2) is 32.8 Å². The molecule has 1 aliphatic carbocycles. The van der Waals surface area contributed by atoms with Crippen molar-refractivity contribution in [1.82, 2.24) is 14.8 Å². The molecule has 1 saturated carbocycles. The first kappa shape index (κ1) is 19.8. The maximum atomic E-state index is 14.6. The molecule has 2 aromatic heterocycles. The van der Waals surface area contributed by atoms with E-state index in [-0.39, 0.29) is 29.3 Å². The zero-order chi connectivity index (χ0) is 21.1. The number of nitrogens with two attached hydrogens (primary N) is 2. The van der Waals surface area contributed by atoms with Gasteiger partial charge in [-0.1, -0.05) is 12.8 Å². The van der Waals surface area contributed by atoms with E-state index in [4.69, 9.17) is 11.5 Å². The number of carbonyl (C=O) groups excluding carboxylic acids is 1. The third-order valence-corrected chi connectivity index (χ3v) is 5.28. The van der Waals surface area contributed by atoms with E-state index in [0.29, 0.717) is 5.69 Å². The highest BCUT2D eigenvalue weighted by atomic mass is 19.1. The number of benzene rings is 1. The summed E-state index contributed by atoms with van der Waals surface area (Å²) in [6.07, 6.45) is 7.35. The Bertz CT molecular complexity index is 1020. The standard InChI is InChI=1S/C21H24FN7O/c22-16-12-15(19(24)30)20(28-21(16)27-18-5-2-1-4-17(18)23)26-13-6-8-14(9-7-13)29-11-3-10-25-29/h3,6-12,17-18H,1-2,4-5,23H2,(H2,24,30)(H2,26,27,28)/t17-,18+/m0/s1. The van der Waals surface area contributed by atoms with Crippen molar-refractivity contribution < 1.29 is 9.18 Å². The lowest BCUT2D eigenvalue weighted by Crippen LogP contribution is -2.43. The molecule has 8 nitrogen and oxygen atoms in total. The average molecular weight is 409 g/mol. The number of nitrogens with zero attached hydrogens (tertiary/aromatic N) is 3. The van der Waals surface area contributed by atoms with Gasteiger partial charge in [0, 0.05) is 30.2 Å². The number of primary amides is 1. The van der Waals surface area contributed by atoms with Crippen molar-refractivity contribution in [2.45, 2.75) is 37.8 Å². The molecule has 30 heavy (non-hydrogen) atoms. The Labute approximate surface area is 173 Å². The van der Waals surface area contributed by atoms with Crippen LogP contribution in [0, 0.1) is 5.82 Å². The van der Waals surface area contributed by atoms with Gasteiger partial charge in [-0.25, -0.2) is 14.1 Å². The van der Waals surface area contributed by atoms with Crippen molar-refractivity contribution >= 4 is 23.2 Å². The Balaban J connectivity index is 1.60. The van der Waals surface area contributed by atoms with Crippen molar-refractivity contribution in [3.8, 4) is 5.69 Å². The minimum absolute atomic E-state index is 0.0258. The normalized spacial score (nSPS) is 18.7. The molecule has 1 aliphatic rings. The number of nitrogens with one attached hydrogen (secondary N) is 2. The van der Waals surface area contributed by atoms with Gasteiger partial charge in [0.25, 0.3) is 5.91 Å². The highest BCUT2D eigenvalue weighted by Crippen LogP contribution is 2.27. The third kappa shape index (κ3) is 4.25. The fourth-order valence-corrected chi connectivity index (χ4v) is 3.64. The molecule has 1 amide bonds. The van der Waals surface area contributed by atoms with E-state index in [2.05, 4.69) is 20.7 Å². The number of hydrogen-bond donors (Lipinski definition) is 4. The van der Waals surface area contributed by atoms with Gasteiger partial charge < -0.3 is 22.1 Å². The van der Waals surface area contributed by atoms with Crippen LogP contribution in [0.2, 0.25) is 0 Å². The molecule has 4 rings (SSSR count). The lowest BCUT2D eigenvalue weighted by atomic mass is 9.91. The molecule has 2 atom stereocenters. The number of amides is 1. The molecule has 1 aromatic carbocycles. The van der Waals surface area contributed by atoms with Crippen LogP contribution < -0.4 is 22.1 Å². The minimum Gasteiger partial charge on any atom is -0.365 e. The summed E-state index contributed by atoms with van der Waals surface area (Å²) in [6, 6.07) is 10.2. The van der Waals surface area contributed by atoms with E-state index in [0.717, 1.165) is 37.4 Å². The van der Waals surface area contributed by atoms with Crippen molar-refractivity contribution in [2.75, 3.05) is 10.6 Å². The van der Waals surface area contributed by atoms with Crippen molar-refractivity contribution in [3.63, 3.8) is 0 Å². The number of anilines is 3. The predicted octanol–water partition coefficient (Wildman–Crippen LogP) is 2.93. The molecule has 1 fully saturated rings. The van der Waals surface area contributed by atoms with Gasteiger partial charge in [0.15, 0.2) is 11.6 Å². The summed E-state index contributed by atoms with van der Waals surface area (Å²) in [4.78, 5) is 16.2. The summed E-state index contributed by atoms with van der Waals surface area (Å²) in [5, 5.41) is 10.3. The number of hydrogen-bond acceptors (Lipinski definition) is 6. The molecule has 3 aromatic rings. The molecule has 0 radical (unpaired) electrons. The summed E-state index contributed by atoms with van der Waals surface area (Å²) in [5.41, 5.74) is 13.1. The fourth-order valence-electron chi connectivity index (χ4n) is 3.64. The molecule has 9 heteroatoms. The Morgan fingerprint density at radius 2 is 1.93 bits per heavy atom. The molecular weight excluding hydrogens is 385 g/mol. The maximum absolute atomic E-state index is 14.6. The monoisotopic (exact) mass is 409 g/mol. The fraction of sp³-hybridized carbons (Fsp3) is 0.286. The zero-order valence-corrected chi connectivity index (χ0v) is 16.4. The molecule has 0 unspecified atom stereocenters. The second-order valence-corrected chi connectivity index (χ2v) is 7.40. The molecule has 6 N–H and O–H groups in total. The van der Waals surface area contributed by atoms with Gasteiger partial charge in [-0.3, -0.25) is 4.79 Å². The van der Waals surface area contributed by atoms with Gasteiger partial charge in [-0.15, -0.1) is 0 Å². The second kappa shape index (κ2) is 8.50. The van der Waals surface area contributed by atoms with Crippen LogP contribution in [0.3, 0.4) is 0 Å².